The van der Waals surface area contributed by atoms with E-state index in [0.717, 1.165) is 5.56 Å². The molecule has 0 spiro atoms. The van der Waals surface area contributed by atoms with Crippen molar-refractivity contribution in [3.8, 4) is 5.75 Å². The number of nitrogens with one attached hydrogen (secondary N) is 1. The number of aryl methyl sites for hydroxylation is 1. The van der Waals surface area contributed by atoms with Crippen LogP contribution >= 0.6 is 15.9 Å². The molecule has 0 radical (unpaired) electrons. The number of halogens is 1. The molecule has 2 N–H and O–H groups in total. The van der Waals surface area contributed by atoms with Crippen molar-refractivity contribution in [1.29, 1.82) is 0 Å². The summed E-state index contributed by atoms with van der Waals surface area (Å²) in [6, 6.07) is 3.59. The number of imidazole rings is 1. The SMILES string of the molecule is Cn1ccn(Cc2cc(Br)c3c(c2)C(=O)NCCO3)/c1=N/C(=O)O. The molecule has 2 amide bonds. The van der Waals surface area contributed by atoms with Crippen LogP contribution in [-0.2, 0) is 13.6 Å². The van der Waals surface area contributed by atoms with Gasteiger partial charge in [0.1, 0.15) is 12.4 Å². The van der Waals surface area contributed by atoms with Crippen LogP contribution < -0.4 is 15.7 Å². The second-order valence-corrected chi connectivity index (χ2v) is 6.14. The van der Waals surface area contributed by atoms with Crippen molar-refractivity contribution in [2.75, 3.05) is 13.2 Å². The van der Waals surface area contributed by atoms with E-state index in [2.05, 4.69) is 26.2 Å². The van der Waals surface area contributed by atoms with Crippen molar-refractivity contribution < 1.29 is 19.4 Å². The molecule has 1 aromatic heterocycles. The van der Waals surface area contributed by atoms with Crippen LogP contribution in [0.5, 0.6) is 5.75 Å². The zero-order valence-corrected chi connectivity index (χ0v) is 14.4. The minimum absolute atomic E-state index is 0.196. The van der Waals surface area contributed by atoms with Gasteiger partial charge in [-0.15, -0.1) is 4.99 Å². The molecule has 0 bridgehead atoms. The van der Waals surface area contributed by atoms with Crippen LogP contribution in [0.3, 0.4) is 0 Å². The van der Waals surface area contributed by atoms with E-state index in [1.165, 1.54) is 0 Å². The van der Waals surface area contributed by atoms with Gasteiger partial charge < -0.3 is 24.3 Å². The molecule has 24 heavy (non-hydrogen) atoms. The number of carbonyl (C=O) groups excluding carboxylic acids is 1. The summed E-state index contributed by atoms with van der Waals surface area (Å²) in [5.74, 6) is 0.320. The predicted octanol–water partition coefficient (Wildman–Crippen LogP) is 1.34. The quantitative estimate of drug-likeness (QED) is 0.802. The van der Waals surface area contributed by atoms with Crippen LogP contribution in [0.1, 0.15) is 15.9 Å². The molecule has 0 saturated heterocycles. The number of hydrogen-bond donors (Lipinski definition) is 2. The Kier molecular flexibility index (Phi) is 4.43. The Morgan fingerprint density at radius 2 is 2.25 bits per heavy atom. The number of rotatable bonds is 2. The molecule has 0 unspecified atom stereocenters. The highest BCUT2D eigenvalue weighted by molar-refractivity contribution is 9.10. The van der Waals surface area contributed by atoms with Gasteiger partial charge in [-0.3, -0.25) is 4.79 Å². The van der Waals surface area contributed by atoms with E-state index >= 15 is 0 Å². The van der Waals surface area contributed by atoms with Gasteiger partial charge in [-0.1, -0.05) is 0 Å². The van der Waals surface area contributed by atoms with Crippen molar-refractivity contribution in [3.63, 3.8) is 0 Å². The average Bonchev–Trinajstić information content (AvgIpc) is 2.73. The lowest BCUT2D eigenvalue weighted by Crippen LogP contribution is -2.26. The molecule has 2 aromatic rings. The minimum Gasteiger partial charge on any atom is -0.490 e. The molecule has 0 saturated carbocycles. The molecular weight excluding hydrogens is 380 g/mol. The maximum Gasteiger partial charge on any atom is 0.434 e. The summed E-state index contributed by atoms with van der Waals surface area (Å²) in [5, 5.41) is 11.7. The van der Waals surface area contributed by atoms with Crippen LogP contribution in [0.15, 0.2) is 34.0 Å². The van der Waals surface area contributed by atoms with Crippen molar-refractivity contribution in [3.05, 3.63) is 45.7 Å². The van der Waals surface area contributed by atoms with Gasteiger partial charge in [0, 0.05) is 19.4 Å². The van der Waals surface area contributed by atoms with Crippen molar-refractivity contribution in [2.45, 2.75) is 6.54 Å². The van der Waals surface area contributed by atoms with E-state index in [9.17, 15) is 9.59 Å². The molecule has 0 atom stereocenters. The number of benzene rings is 1. The molecule has 3 rings (SSSR count). The first kappa shape index (κ1) is 16.3. The van der Waals surface area contributed by atoms with Gasteiger partial charge in [0.2, 0.25) is 5.62 Å². The molecule has 1 aliphatic rings. The fourth-order valence-electron chi connectivity index (χ4n) is 2.53. The second-order valence-electron chi connectivity index (χ2n) is 5.29. The van der Waals surface area contributed by atoms with E-state index in [1.54, 1.807) is 34.6 Å². The van der Waals surface area contributed by atoms with Gasteiger partial charge in [-0.25, -0.2) is 4.79 Å². The largest absolute Gasteiger partial charge is 0.490 e. The van der Waals surface area contributed by atoms with E-state index < -0.39 is 6.09 Å². The topological polar surface area (TPSA) is 97.9 Å². The van der Waals surface area contributed by atoms with Crippen molar-refractivity contribution in [2.24, 2.45) is 12.0 Å². The standard InChI is InChI=1S/C15H15BrN4O4/c1-19-3-4-20(14(19)18-15(22)23)8-9-6-10-12(11(16)7-9)24-5-2-17-13(10)21/h3-4,6-7H,2,5,8H2,1H3,(H,17,21)(H,22,23)/b18-14+. The number of hydrogen-bond acceptors (Lipinski definition) is 3. The molecule has 1 aromatic carbocycles. The fourth-order valence-corrected chi connectivity index (χ4v) is 3.16. The van der Waals surface area contributed by atoms with Gasteiger partial charge in [0.25, 0.3) is 5.91 Å². The zero-order valence-electron chi connectivity index (χ0n) is 12.8. The highest BCUT2D eigenvalue weighted by Gasteiger charge is 2.20. The van der Waals surface area contributed by atoms with Gasteiger partial charge >= 0.3 is 6.09 Å². The highest BCUT2D eigenvalue weighted by atomic mass is 79.9. The Balaban J connectivity index is 2.02. The maximum absolute atomic E-state index is 12.2. The summed E-state index contributed by atoms with van der Waals surface area (Å²) in [4.78, 5) is 26.6. The Morgan fingerprint density at radius 1 is 1.46 bits per heavy atom. The van der Waals surface area contributed by atoms with Gasteiger partial charge in [0.05, 0.1) is 23.1 Å². The second kappa shape index (κ2) is 6.52. The normalized spacial score (nSPS) is 14.6. The number of aromatic nitrogens is 2. The number of nitrogens with zero attached hydrogens (tertiary/aromatic N) is 3. The third kappa shape index (κ3) is 3.21. The van der Waals surface area contributed by atoms with Crippen molar-refractivity contribution >= 4 is 27.9 Å². The van der Waals surface area contributed by atoms with Crippen molar-refractivity contribution in [1.82, 2.24) is 14.5 Å². The van der Waals surface area contributed by atoms with Gasteiger partial charge in [-0.2, -0.15) is 0 Å². The van der Waals surface area contributed by atoms with Crippen LogP contribution in [-0.4, -0.2) is 39.4 Å². The van der Waals surface area contributed by atoms with E-state index in [4.69, 9.17) is 9.84 Å². The summed E-state index contributed by atoms with van der Waals surface area (Å²) >= 11 is 3.44. The third-order valence-electron chi connectivity index (χ3n) is 3.57. The van der Waals surface area contributed by atoms with Crippen LogP contribution in [0.2, 0.25) is 0 Å². The number of carboxylic acid groups (broad SMARTS) is 1. The van der Waals surface area contributed by atoms with E-state index in [-0.39, 0.29) is 5.91 Å². The first-order valence-electron chi connectivity index (χ1n) is 7.18. The predicted molar refractivity (Wildman–Crippen MR) is 88.1 cm³/mol. The van der Waals surface area contributed by atoms with Gasteiger partial charge in [-0.05, 0) is 33.6 Å². The fraction of sp³-hybridized carbons (Fsp3) is 0.267. The van der Waals surface area contributed by atoms with Gasteiger partial charge in [0.15, 0.2) is 0 Å². The van der Waals surface area contributed by atoms with Crippen LogP contribution in [0.25, 0.3) is 0 Å². The average molecular weight is 395 g/mol. The lowest BCUT2D eigenvalue weighted by Gasteiger charge is -2.11. The molecule has 1 aliphatic heterocycles. The molecule has 9 heteroatoms. The van der Waals surface area contributed by atoms with E-state index in [0.29, 0.717) is 41.1 Å². The number of carbonyl (C=O) groups is 2. The zero-order chi connectivity index (χ0) is 17.3. The summed E-state index contributed by atoms with van der Waals surface area (Å²) in [6.45, 7) is 1.22. The Hall–Kier alpha value is -2.55. The molecule has 126 valence electrons. The summed E-state index contributed by atoms with van der Waals surface area (Å²) in [7, 11) is 1.71. The number of amides is 2. The first-order chi connectivity index (χ1) is 11.5. The molecule has 0 aliphatic carbocycles. The van der Waals surface area contributed by atoms with Crippen LogP contribution in [0.4, 0.5) is 4.79 Å². The molecular formula is C15H15BrN4O4. The molecule has 2 heterocycles. The minimum atomic E-state index is -1.26. The smallest absolute Gasteiger partial charge is 0.434 e. The lowest BCUT2D eigenvalue weighted by atomic mass is 10.1. The highest BCUT2D eigenvalue weighted by Crippen LogP contribution is 2.32. The number of ether oxygens (including phenoxy) is 1. The molecule has 8 nitrogen and oxygen atoms in total. The third-order valence-corrected chi connectivity index (χ3v) is 4.16. The Morgan fingerprint density at radius 3 is 3.00 bits per heavy atom. The lowest BCUT2D eigenvalue weighted by molar-refractivity contribution is 0.0957. The number of fused-ring (bicyclic) bond motifs is 1. The Labute approximate surface area is 145 Å². The van der Waals surface area contributed by atoms with Crippen LogP contribution in [0, 0.1) is 0 Å². The Bertz CT molecular complexity index is 884. The summed E-state index contributed by atoms with van der Waals surface area (Å²) in [5.41, 5.74) is 1.57. The summed E-state index contributed by atoms with van der Waals surface area (Å²) in [6.07, 6.45) is 2.19. The summed E-state index contributed by atoms with van der Waals surface area (Å²) < 4.78 is 9.58. The maximum atomic E-state index is 12.2. The monoisotopic (exact) mass is 394 g/mol. The molecule has 0 fully saturated rings. The first-order valence-corrected chi connectivity index (χ1v) is 7.98. The van der Waals surface area contributed by atoms with E-state index in [1.807, 2.05) is 6.07 Å².